The van der Waals surface area contributed by atoms with Crippen LogP contribution in [0.15, 0.2) is 37.2 Å². The number of hydrogen-bond donors (Lipinski definition) is 1. The van der Waals surface area contributed by atoms with E-state index in [9.17, 15) is 4.79 Å². The maximum absolute atomic E-state index is 12.1. The molecule has 26 heavy (non-hydrogen) atoms. The molecule has 0 saturated heterocycles. The molecule has 1 aliphatic rings. The zero-order chi connectivity index (χ0) is 18.5. The van der Waals surface area contributed by atoms with Crippen LogP contribution in [-0.2, 0) is 13.0 Å². The number of aromatic nitrogens is 2. The number of anilines is 1. The van der Waals surface area contributed by atoms with E-state index in [1.165, 1.54) is 11.9 Å². The van der Waals surface area contributed by atoms with Gasteiger partial charge in [-0.05, 0) is 29.7 Å². The second kappa shape index (κ2) is 7.86. The third-order valence-corrected chi connectivity index (χ3v) is 4.33. The van der Waals surface area contributed by atoms with Gasteiger partial charge in [-0.3, -0.25) is 4.79 Å². The number of amides is 1. The molecular weight excluding hydrogens is 332 g/mol. The number of ether oxygens (including phenoxy) is 2. The molecule has 2 aromatic rings. The number of benzene rings is 1. The topological polar surface area (TPSA) is 76.6 Å². The molecule has 1 amide bonds. The van der Waals surface area contributed by atoms with Gasteiger partial charge in [0.2, 0.25) is 0 Å². The van der Waals surface area contributed by atoms with E-state index >= 15 is 0 Å². The Hall–Kier alpha value is -3.09. The molecule has 1 aliphatic heterocycles. The van der Waals surface area contributed by atoms with Crippen molar-refractivity contribution in [3.63, 3.8) is 0 Å². The molecule has 0 unspecified atom stereocenters. The lowest BCUT2D eigenvalue weighted by atomic mass is 9.99. The fourth-order valence-corrected chi connectivity index (χ4v) is 2.98. The van der Waals surface area contributed by atoms with Gasteiger partial charge in [0, 0.05) is 25.7 Å². The van der Waals surface area contributed by atoms with Gasteiger partial charge in [-0.1, -0.05) is 6.08 Å². The van der Waals surface area contributed by atoms with Gasteiger partial charge in [0.1, 0.15) is 17.8 Å². The number of carbonyl (C=O) groups is 1. The van der Waals surface area contributed by atoms with Gasteiger partial charge in [-0.2, -0.15) is 0 Å². The highest BCUT2D eigenvalue weighted by molar-refractivity contribution is 5.92. The van der Waals surface area contributed by atoms with Crippen LogP contribution in [-0.4, -0.2) is 43.2 Å². The Morgan fingerprint density at radius 1 is 1.23 bits per heavy atom. The van der Waals surface area contributed by atoms with E-state index in [0.717, 1.165) is 30.1 Å². The first kappa shape index (κ1) is 17.7. The maximum Gasteiger partial charge on any atom is 0.270 e. The molecule has 3 rings (SSSR count). The lowest BCUT2D eigenvalue weighted by molar-refractivity contribution is 0.0953. The molecule has 7 heteroatoms. The SMILES string of the molecule is C=CCNC(=O)c1cc(N2CCc3cc(OC)c(OC)cc3C2)ncn1. The molecule has 1 N–H and O–H groups in total. The highest BCUT2D eigenvalue weighted by Crippen LogP contribution is 2.34. The molecule has 2 heterocycles. The maximum atomic E-state index is 12.1. The van der Waals surface area contributed by atoms with Crippen LogP contribution < -0.4 is 19.7 Å². The summed E-state index contributed by atoms with van der Waals surface area (Å²) in [5.41, 5.74) is 2.73. The molecule has 0 bridgehead atoms. The molecular formula is C19H22N4O3. The third kappa shape index (κ3) is 3.61. The molecule has 0 aliphatic carbocycles. The van der Waals surface area contributed by atoms with Crippen LogP contribution >= 0.6 is 0 Å². The zero-order valence-electron chi connectivity index (χ0n) is 15.0. The number of methoxy groups -OCH3 is 2. The van der Waals surface area contributed by atoms with Crippen molar-refractivity contribution in [1.82, 2.24) is 15.3 Å². The van der Waals surface area contributed by atoms with Crippen molar-refractivity contribution in [2.24, 2.45) is 0 Å². The van der Waals surface area contributed by atoms with Crippen molar-refractivity contribution in [3.05, 3.63) is 54.0 Å². The zero-order valence-corrected chi connectivity index (χ0v) is 15.0. The smallest absolute Gasteiger partial charge is 0.270 e. The number of fused-ring (bicyclic) bond motifs is 1. The summed E-state index contributed by atoms with van der Waals surface area (Å²) in [5, 5.41) is 2.73. The number of nitrogens with zero attached hydrogens (tertiary/aromatic N) is 3. The van der Waals surface area contributed by atoms with E-state index in [1.54, 1.807) is 26.4 Å². The largest absolute Gasteiger partial charge is 0.493 e. The predicted octanol–water partition coefficient (Wildman–Crippen LogP) is 1.97. The lowest BCUT2D eigenvalue weighted by Crippen LogP contribution is -2.32. The Bertz CT molecular complexity index is 822. The summed E-state index contributed by atoms with van der Waals surface area (Å²) in [5.74, 6) is 1.93. The van der Waals surface area contributed by atoms with E-state index in [0.29, 0.717) is 24.5 Å². The van der Waals surface area contributed by atoms with E-state index < -0.39 is 0 Å². The van der Waals surface area contributed by atoms with Crippen molar-refractivity contribution in [1.29, 1.82) is 0 Å². The quantitative estimate of drug-likeness (QED) is 0.800. The number of nitrogens with one attached hydrogen (secondary N) is 1. The minimum Gasteiger partial charge on any atom is -0.493 e. The normalized spacial score (nSPS) is 12.9. The minimum absolute atomic E-state index is 0.239. The highest BCUT2D eigenvalue weighted by Gasteiger charge is 2.21. The molecule has 0 spiro atoms. The summed E-state index contributed by atoms with van der Waals surface area (Å²) in [4.78, 5) is 22.6. The number of rotatable bonds is 6. The number of hydrogen-bond acceptors (Lipinski definition) is 6. The fourth-order valence-electron chi connectivity index (χ4n) is 2.98. The Balaban J connectivity index is 1.82. The summed E-state index contributed by atoms with van der Waals surface area (Å²) in [7, 11) is 3.27. The molecule has 7 nitrogen and oxygen atoms in total. The van der Waals surface area contributed by atoms with Crippen LogP contribution in [0.2, 0.25) is 0 Å². The average molecular weight is 354 g/mol. The lowest BCUT2D eigenvalue weighted by Gasteiger charge is -2.30. The second-order valence-electron chi connectivity index (χ2n) is 5.91. The fraction of sp³-hybridized carbons (Fsp3) is 0.316. The van der Waals surface area contributed by atoms with Crippen LogP contribution in [0.5, 0.6) is 11.5 Å². The van der Waals surface area contributed by atoms with E-state index in [4.69, 9.17) is 9.47 Å². The highest BCUT2D eigenvalue weighted by atomic mass is 16.5. The van der Waals surface area contributed by atoms with E-state index in [2.05, 4.69) is 26.8 Å². The van der Waals surface area contributed by atoms with Gasteiger partial charge in [0.15, 0.2) is 11.5 Å². The first-order chi connectivity index (χ1) is 12.7. The Morgan fingerprint density at radius 2 is 1.96 bits per heavy atom. The summed E-state index contributed by atoms with van der Waals surface area (Å²) >= 11 is 0. The molecule has 0 atom stereocenters. The first-order valence-electron chi connectivity index (χ1n) is 8.36. The average Bonchev–Trinajstić information content (AvgIpc) is 2.70. The van der Waals surface area contributed by atoms with Crippen LogP contribution in [0.25, 0.3) is 0 Å². The summed E-state index contributed by atoms with van der Waals surface area (Å²) in [6.45, 7) is 5.47. The molecule has 0 fully saturated rings. The molecule has 0 radical (unpaired) electrons. The van der Waals surface area contributed by atoms with E-state index in [1.807, 2.05) is 12.1 Å². The van der Waals surface area contributed by atoms with Crippen molar-refractivity contribution in [3.8, 4) is 11.5 Å². The predicted molar refractivity (Wildman–Crippen MR) is 98.9 cm³/mol. The summed E-state index contributed by atoms with van der Waals surface area (Å²) < 4.78 is 10.8. The van der Waals surface area contributed by atoms with Gasteiger partial charge < -0.3 is 19.7 Å². The molecule has 0 saturated carbocycles. The van der Waals surface area contributed by atoms with Crippen LogP contribution in [0, 0.1) is 0 Å². The van der Waals surface area contributed by atoms with Gasteiger partial charge in [-0.15, -0.1) is 6.58 Å². The Kier molecular flexibility index (Phi) is 5.36. The summed E-state index contributed by atoms with van der Waals surface area (Å²) in [6.07, 6.45) is 3.91. The van der Waals surface area contributed by atoms with Crippen LogP contribution in [0.4, 0.5) is 5.82 Å². The molecule has 136 valence electrons. The van der Waals surface area contributed by atoms with Crippen molar-refractivity contribution < 1.29 is 14.3 Å². The Morgan fingerprint density at radius 3 is 2.65 bits per heavy atom. The van der Waals surface area contributed by atoms with Gasteiger partial charge in [0.25, 0.3) is 5.91 Å². The summed E-state index contributed by atoms with van der Waals surface area (Å²) in [6, 6.07) is 5.74. The standard InChI is InChI=1S/C19H22N4O3/c1-4-6-20-19(24)15-10-18(22-12-21-15)23-7-5-13-8-16(25-2)17(26-3)9-14(13)11-23/h4,8-10,12H,1,5-7,11H2,2-3H3,(H,20,24). The monoisotopic (exact) mass is 354 g/mol. The first-order valence-corrected chi connectivity index (χ1v) is 8.36. The minimum atomic E-state index is -0.239. The van der Waals surface area contributed by atoms with Crippen molar-refractivity contribution >= 4 is 11.7 Å². The Labute approximate surface area is 152 Å². The second-order valence-corrected chi connectivity index (χ2v) is 5.91. The molecule has 1 aromatic carbocycles. The van der Waals surface area contributed by atoms with Gasteiger partial charge >= 0.3 is 0 Å². The van der Waals surface area contributed by atoms with Gasteiger partial charge in [0.05, 0.1) is 14.2 Å². The van der Waals surface area contributed by atoms with E-state index in [-0.39, 0.29) is 5.91 Å². The third-order valence-electron chi connectivity index (χ3n) is 4.33. The number of carbonyl (C=O) groups excluding carboxylic acids is 1. The van der Waals surface area contributed by atoms with Gasteiger partial charge in [-0.25, -0.2) is 9.97 Å². The van der Waals surface area contributed by atoms with Crippen LogP contribution in [0.3, 0.4) is 0 Å². The molecule has 1 aromatic heterocycles. The van der Waals surface area contributed by atoms with Crippen molar-refractivity contribution in [2.75, 3.05) is 32.2 Å². The van der Waals surface area contributed by atoms with Crippen LogP contribution in [0.1, 0.15) is 21.6 Å². The van der Waals surface area contributed by atoms with Crippen molar-refractivity contribution in [2.45, 2.75) is 13.0 Å².